The Morgan fingerprint density at radius 2 is 0.676 bits per heavy atom. The van der Waals surface area contributed by atoms with E-state index in [-0.39, 0.29) is 16.5 Å². The molecule has 4 rings (SSSR count). The largest absolute Gasteiger partial charge is 2.00 e. The number of rotatable bonds is 10. The molecular weight excluding hydrogens is 511 g/mol. The predicted octanol–water partition coefficient (Wildman–Crippen LogP) is 6.85. The van der Waals surface area contributed by atoms with Crippen molar-refractivity contribution in [1.29, 1.82) is 0 Å². The summed E-state index contributed by atoms with van der Waals surface area (Å²) in [6.45, 7) is 1.54. The molecule has 0 aromatic heterocycles. The summed E-state index contributed by atoms with van der Waals surface area (Å²) in [7, 11) is 0. The summed E-state index contributed by atoms with van der Waals surface area (Å²) < 4.78 is 0. The molecule has 0 radical (unpaired) electrons. The molecule has 0 bridgehead atoms. The molecule has 0 aliphatic heterocycles. The first-order valence-corrected chi connectivity index (χ1v) is 15.5. The quantitative estimate of drug-likeness (QED) is 0.282. The number of hydrogen-bond donors (Lipinski definition) is 2. The molecule has 4 saturated carbocycles. The van der Waals surface area contributed by atoms with Gasteiger partial charge in [-0.05, 0) is 51.4 Å². The average Bonchev–Trinajstić information content (AvgIpc) is 2.91. The molecule has 0 unspecified atom stereocenters. The average molecular weight is 565 g/mol. The fourth-order valence-electron chi connectivity index (χ4n) is 7.43. The number of carboxylic acids is 2. The number of hydrogen-bond acceptors (Lipinski definition) is 4. The van der Waals surface area contributed by atoms with Gasteiger partial charge in [0, 0.05) is 37.3 Å². The molecule has 0 amide bonds. The molecule has 0 spiro atoms. The Balaban J connectivity index is 0.000000253. The van der Waals surface area contributed by atoms with E-state index in [4.69, 9.17) is 10.2 Å². The van der Waals surface area contributed by atoms with Crippen LogP contribution in [0.3, 0.4) is 0 Å². The van der Waals surface area contributed by atoms with Crippen molar-refractivity contribution >= 4 is 11.9 Å². The SMILES string of the molecule is O=C(O)CCN(C1CCCCC1)C1CCCCC1.O=C(O)CCN(C1CCCCC1)C1CCCCC1.[Ni+2]. The molecule has 0 aromatic rings. The van der Waals surface area contributed by atoms with E-state index in [2.05, 4.69) is 9.80 Å². The maximum Gasteiger partial charge on any atom is 2.00 e. The van der Waals surface area contributed by atoms with Gasteiger partial charge in [-0.3, -0.25) is 19.4 Å². The van der Waals surface area contributed by atoms with Crippen LogP contribution in [0.15, 0.2) is 0 Å². The minimum absolute atomic E-state index is 0. The van der Waals surface area contributed by atoms with Crippen molar-refractivity contribution in [3.63, 3.8) is 0 Å². The zero-order valence-corrected chi connectivity index (χ0v) is 24.2. The zero-order valence-electron chi connectivity index (χ0n) is 23.2. The second-order valence-electron chi connectivity index (χ2n) is 11.9. The maximum absolute atomic E-state index is 10.8. The molecule has 2 N–H and O–H groups in total. The van der Waals surface area contributed by atoms with E-state index >= 15 is 0 Å². The van der Waals surface area contributed by atoms with E-state index in [1.165, 1.54) is 128 Å². The van der Waals surface area contributed by atoms with Gasteiger partial charge in [-0.25, -0.2) is 0 Å². The molecule has 4 aliphatic rings. The van der Waals surface area contributed by atoms with Gasteiger partial charge in [0.25, 0.3) is 0 Å². The van der Waals surface area contributed by atoms with E-state index in [0.29, 0.717) is 37.0 Å². The smallest absolute Gasteiger partial charge is 0.481 e. The molecular formula is C30H54N2NiO4+2. The zero-order chi connectivity index (χ0) is 25.6. The summed E-state index contributed by atoms with van der Waals surface area (Å²) in [6, 6.07) is 2.67. The van der Waals surface area contributed by atoms with E-state index < -0.39 is 11.9 Å². The number of carboxylic acid groups (broad SMARTS) is 2. The molecule has 7 heteroatoms. The normalized spacial score (nSPS) is 22.8. The summed E-state index contributed by atoms with van der Waals surface area (Å²) >= 11 is 0. The van der Waals surface area contributed by atoms with Gasteiger partial charge in [0.1, 0.15) is 0 Å². The minimum Gasteiger partial charge on any atom is -0.481 e. The van der Waals surface area contributed by atoms with Crippen molar-refractivity contribution in [2.45, 2.75) is 165 Å². The molecule has 0 aromatic carbocycles. The van der Waals surface area contributed by atoms with Crippen LogP contribution in [0.1, 0.15) is 141 Å². The second-order valence-corrected chi connectivity index (χ2v) is 11.9. The van der Waals surface area contributed by atoms with Crippen LogP contribution < -0.4 is 0 Å². The van der Waals surface area contributed by atoms with Crippen molar-refractivity contribution < 1.29 is 36.3 Å². The molecule has 37 heavy (non-hydrogen) atoms. The van der Waals surface area contributed by atoms with Gasteiger partial charge in [-0.15, -0.1) is 0 Å². The van der Waals surface area contributed by atoms with Gasteiger partial charge >= 0.3 is 28.4 Å². The second kappa shape index (κ2) is 18.6. The maximum atomic E-state index is 10.8. The fourth-order valence-corrected chi connectivity index (χ4v) is 7.43. The fraction of sp³-hybridized carbons (Fsp3) is 0.933. The van der Waals surface area contributed by atoms with Gasteiger partial charge in [0.2, 0.25) is 0 Å². The van der Waals surface area contributed by atoms with Crippen molar-refractivity contribution in [3.8, 4) is 0 Å². The Hall–Kier alpha value is -0.646. The Labute approximate surface area is 236 Å². The third kappa shape index (κ3) is 12.0. The van der Waals surface area contributed by atoms with Crippen LogP contribution in [-0.4, -0.2) is 69.2 Å². The molecule has 0 heterocycles. The van der Waals surface area contributed by atoms with Crippen molar-refractivity contribution in [2.24, 2.45) is 0 Å². The van der Waals surface area contributed by atoms with Crippen LogP contribution in [0.5, 0.6) is 0 Å². The molecule has 0 saturated heterocycles. The molecule has 4 aliphatic carbocycles. The summed E-state index contributed by atoms with van der Waals surface area (Å²) in [4.78, 5) is 26.8. The number of aliphatic carboxylic acids is 2. The third-order valence-corrected chi connectivity index (χ3v) is 9.34. The Kier molecular flexibility index (Phi) is 16.4. The van der Waals surface area contributed by atoms with Crippen molar-refractivity contribution in [3.05, 3.63) is 0 Å². The standard InChI is InChI=1S/2C15H27NO2.Ni/c2*17-15(18)11-12-16(13-7-3-1-4-8-13)14-9-5-2-6-10-14;/h2*13-14H,1-12H2,(H,17,18);/q;;+2. The van der Waals surface area contributed by atoms with Crippen LogP contribution in [0.25, 0.3) is 0 Å². The van der Waals surface area contributed by atoms with Crippen LogP contribution >= 0.6 is 0 Å². The van der Waals surface area contributed by atoms with Crippen LogP contribution in [0.2, 0.25) is 0 Å². The van der Waals surface area contributed by atoms with E-state index in [1.54, 1.807) is 0 Å². The number of nitrogens with zero attached hydrogens (tertiary/aromatic N) is 2. The first-order chi connectivity index (χ1) is 17.5. The van der Waals surface area contributed by atoms with E-state index in [0.717, 1.165) is 13.1 Å². The first kappa shape index (κ1) is 32.6. The van der Waals surface area contributed by atoms with Crippen LogP contribution in [-0.2, 0) is 26.1 Å². The summed E-state index contributed by atoms with van der Waals surface area (Å²) in [5, 5.41) is 17.9. The molecule has 4 fully saturated rings. The van der Waals surface area contributed by atoms with Gasteiger partial charge in [0.05, 0.1) is 12.8 Å². The summed E-state index contributed by atoms with van der Waals surface area (Å²) in [5.74, 6) is -1.29. The van der Waals surface area contributed by atoms with E-state index in [9.17, 15) is 9.59 Å². The number of carbonyl (C=O) groups is 2. The van der Waals surface area contributed by atoms with E-state index in [1.807, 2.05) is 0 Å². The third-order valence-electron chi connectivity index (χ3n) is 9.34. The van der Waals surface area contributed by atoms with Gasteiger partial charge in [0.15, 0.2) is 0 Å². The minimum atomic E-state index is -0.647. The monoisotopic (exact) mass is 564 g/mol. The van der Waals surface area contributed by atoms with Crippen molar-refractivity contribution in [1.82, 2.24) is 9.80 Å². The topological polar surface area (TPSA) is 81.1 Å². The Morgan fingerprint density at radius 3 is 0.865 bits per heavy atom. The van der Waals surface area contributed by atoms with Gasteiger partial charge in [-0.2, -0.15) is 0 Å². The molecule has 0 atom stereocenters. The predicted molar refractivity (Wildman–Crippen MR) is 145 cm³/mol. The molecule has 216 valence electrons. The Bertz CT molecular complexity index is 535. The summed E-state index contributed by atoms with van der Waals surface area (Å²) in [6.07, 6.45) is 27.1. The van der Waals surface area contributed by atoms with Crippen molar-refractivity contribution in [2.75, 3.05) is 13.1 Å². The Morgan fingerprint density at radius 1 is 0.459 bits per heavy atom. The van der Waals surface area contributed by atoms with Gasteiger partial charge < -0.3 is 10.2 Å². The summed E-state index contributed by atoms with van der Waals surface area (Å²) in [5.41, 5.74) is 0. The van der Waals surface area contributed by atoms with Crippen LogP contribution in [0.4, 0.5) is 0 Å². The van der Waals surface area contributed by atoms with Gasteiger partial charge in [-0.1, -0.05) is 77.0 Å². The molecule has 6 nitrogen and oxygen atoms in total. The first-order valence-electron chi connectivity index (χ1n) is 15.5. The van der Waals surface area contributed by atoms with Crippen LogP contribution in [0, 0.1) is 0 Å².